The summed E-state index contributed by atoms with van der Waals surface area (Å²) in [7, 11) is -3.29. The molecule has 0 aliphatic carbocycles. The van der Waals surface area contributed by atoms with E-state index < -0.39 is 15.9 Å². The summed E-state index contributed by atoms with van der Waals surface area (Å²) in [6.07, 6.45) is 3.73. The van der Waals surface area contributed by atoms with Crippen LogP contribution in [0.5, 0.6) is 0 Å². The first kappa shape index (κ1) is 12.8. The summed E-state index contributed by atoms with van der Waals surface area (Å²) >= 11 is 0. The zero-order chi connectivity index (χ0) is 13.3. The molecule has 96 valence electrons. The molecule has 0 saturated carbocycles. The van der Waals surface area contributed by atoms with E-state index in [1.165, 1.54) is 12.1 Å². The highest BCUT2D eigenvalue weighted by atomic mass is 32.2. The van der Waals surface area contributed by atoms with E-state index in [1.807, 2.05) is 0 Å². The van der Waals surface area contributed by atoms with E-state index in [-0.39, 0.29) is 4.90 Å². The van der Waals surface area contributed by atoms with Crippen LogP contribution in [0, 0.1) is 0 Å². The van der Waals surface area contributed by atoms with Gasteiger partial charge in [-0.2, -0.15) is 5.10 Å². The van der Waals surface area contributed by atoms with Gasteiger partial charge in [0.25, 0.3) is 0 Å². The zero-order valence-electron chi connectivity index (χ0n) is 10.1. The second-order valence-corrected chi connectivity index (χ2v) is 6.14. The Morgan fingerprint density at radius 1 is 1.39 bits per heavy atom. The molecule has 1 heterocycles. The topological polar surface area (TPSA) is 72.2 Å². The van der Waals surface area contributed by atoms with Gasteiger partial charge < -0.3 is 5.11 Å². The maximum Gasteiger partial charge on any atom is 0.175 e. The Morgan fingerprint density at radius 3 is 2.61 bits per heavy atom. The van der Waals surface area contributed by atoms with Gasteiger partial charge in [-0.05, 0) is 31.2 Å². The van der Waals surface area contributed by atoms with E-state index in [0.717, 1.165) is 6.26 Å². The summed E-state index contributed by atoms with van der Waals surface area (Å²) in [5.74, 6) is 0. The molecule has 0 radical (unpaired) electrons. The first-order valence-electron chi connectivity index (χ1n) is 5.41. The normalized spacial score (nSPS) is 13.5. The average Bonchev–Trinajstić information content (AvgIpc) is 2.80. The predicted octanol–water partition coefficient (Wildman–Crippen LogP) is 1.33. The van der Waals surface area contributed by atoms with Crippen LogP contribution in [0.2, 0.25) is 0 Å². The van der Waals surface area contributed by atoms with Crippen LogP contribution >= 0.6 is 0 Å². The van der Waals surface area contributed by atoms with Crippen molar-refractivity contribution in [3.63, 3.8) is 0 Å². The first-order valence-corrected chi connectivity index (χ1v) is 7.31. The quantitative estimate of drug-likeness (QED) is 0.909. The number of aromatic nitrogens is 2. The van der Waals surface area contributed by atoms with E-state index in [0.29, 0.717) is 11.3 Å². The molecule has 5 nitrogen and oxygen atoms in total. The van der Waals surface area contributed by atoms with Gasteiger partial charge in [-0.15, -0.1) is 0 Å². The van der Waals surface area contributed by atoms with Crippen molar-refractivity contribution in [3.05, 3.63) is 42.2 Å². The van der Waals surface area contributed by atoms with E-state index in [9.17, 15) is 13.5 Å². The van der Waals surface area contributed by atoms with E-state index in [1.54, 1.807) is 36.1 Å². The van der Waals surface area contributed by atoms with Crippen molar-refractivity contribution in [1.82, 2.24) is 9.78 Å². The summed E-state index contributed by atoms with van der Waals surface area (Å²) < 4.78 is 24.6. The van der Waals surface area contributed by atoms with E-state index in [4.69, 9.17) is 0 Å². The largest absolute Gasteiger partial charge is 0.389 e. The molecule has 0 spiro atoms. The van der Waals surface area contributed by atoms with Gasteiger partial charge in [0, 0.05) is 24.2 Å². The first-order chi connectivity index (χ1) is 8.39. The smallest absolute Gasteiger partial charge is 0.175 e. The Balaban J connectivity index is 2.63. The van der Waals surface area contributed by atoms with Crippen LogP contribution in [0.25, 0.3) is 5.69 Å². The number of rotatable bonds is 3. The van der Waals surface area contributed by atoms with Crippen molar-refractivity contribution >= 4 is 9.84 Å². The zero-order valence-corrected chi connectivity index (χ0v) is 10.9. The molecule has 0 saturated heterocycles. The molecule has 0 amide bonds. The van der Waals surface area contributed by atoms with Gasteiger partial charge in [-0.1, -0.05) is 0 Å². The molecule has 2 rings (SSSR count). The fraction of sp³-hybridized carbons (Fsp3) is 0.250. The number of benzene rings is 1. The van der Waals surface area contributed by atoms with Crippen LogP contribution in [-0.4, -0.2) is 29.6 Å². The van der Waals surface area contributed by atoms with Crippen LogP contribution < -0.4 is 0 Å². The minimum atomic E-state index is -3.29. The standard InChI is InChI=1S/C12H14N2O3S/c1-9(15)11-8-10(18(2,16)17)4-5-12(11)14-7-3-6-13-14/h3-9,15H,1-2H3. The van der Waals surface area contributed by atoms with Crippen molar-refractivity contribution in [1.29, 1.82) is 0 Å². The summed E-state index contributed by atoms with van der Waals surface area (Å²) in [6, 6.07) is 6.40. The molecule has 0 aliphatic rings. The van der Waals surface area contributed by atoms with Gasteiger partial charge in [0.05, 0.1) is 16.7 Å². The molecule has 1 N–H and O–H groups in total. The lowest BCUT2D eigenvalue weighted by Gasteiger charge is -2.13. The van der Waals surface area contributed by atoms with Gasteiger partial charge in [0.2, 0.25) is 0 Å². The Morgan fingerprint density at radius 2 is 2.11 bits per heavy atom. The molecule has 6 heteroatoms. The third-order valence-electron chi connectivity index (χ3n) is 2.63. The molecule has 2 aromatic rings. The molecule has 0 bridgehead atoms. The maximum atomic E-state index is 11.5. The number of hydrogen-bond acceptors (Lipinski definition) is 4. The van der Waals surface area contributed by atoms with Gasteiger partial charge in [0.15, 0.2) is 9.84 Å². The third kappa shape index (κ3) is 2.44. The van der Waals surface area contributed by atoms with Gasteiger partial charge in [0.1, 0.15) is 0 Å². The Labute approximate surface area is 106 Å². The molecule has 0 aliphatic heterocycles. The fourth-order valence-electron chi connectivity index (χ4n) is 1.72. The number of hydrogen-bond donors (Lipinski definition) is 1. The third-order valence-corrected chi connectivity index (χ3v) is 3.74. The van der Waals surface area contributed by atoms with E-state index >= 15 is 0 Å². The molecule has 1 unspecified atom stereocenters. The van der Waals surface area contributed by atoms with E-state index in [2.05, 4.69) is 5.10 Å². The van der Waals surface area contributed by atoms with Crippen LogP contribution in [0.1, 0.15) is 18.6 Å². The SMILES string of the molecule is CC(O)c1cc(S(C)(=O)=O)ccc1-n1cccn1. The van der Waals surface area contributed by atoms with Crippen molar-refractivity contribution in [2.75, 3.05) is 6.26 Å². The predicted molar refractivity (Wildman–Crippen MR) is 67.3 cm³/mol. The lowest BCUT2D eigenvalue weighted by Crippen LogP contribution is -2.06. The Hall–Kier alpha value is -1.66. The van der Waals surface area contributed by atoms with Gasteiger partial charge in [-0.25, -0.2) is 13.1 Å². The molecule has 1 aromatic carbocycles. The average molecular weight is 266 g/mol. The highest BCUT2D eigenvalue weighted by Gasteiger charge is 2.15. The van der Waals surface area contributed by atoms with Crippen LogP contribution in [0.3, 0.4) is 0 Å². The van der Waals surface area contributed by atoms with Crippen molar-refractivity contribution in [3.8, 4) is 5.69 Å². The number of nitrogens with zero attached hydrogens (tertiary/aromatic N) is 2. The number of sulfone groups is 1. The molecule has 1 aromatic heterocycles. The highest BCUT2D eigenvalue weighted by Crippen LogP contribution is 2.24. The summed E-state index contributed by atoms with van der Waals surface area (Å²) in [4.78, 5) is 0.189. The minimum Gasteiger partial charge on any atom is -0.389 e. The lowest BCUT2D eigenvalue weighted by molar-refractivity contribution is 0.198. The molecular formula is C12H14N2O3S. The van der Waals surface area contributed by atoms with Crippen molar-refractivity contribution in [2.24, 2.45) is 0 Å². The Kier molecular flexibility index (Phi) is 3.23. The van der Waals surface area contributed by atoms with Crippen molar-refractivity contribution < 1.29 is 13.5 Å². The van der Waals surface area contributed by atoms with Crippen molar-refractivity contribution in [2.45, 2.75) is 17.9 Å². The summed E-state index contributed by atoms with van der Waals surface area (Å²) in [5.41, 5.74) is 1.20. The van der Waals surface area contributed by atoms with Crippen LogP contribution in [0.4, 0.5) is 0 Å². The molecule has 1 atom stereocenters. The lowest BCUT2D eigenvalue weighted by atomic mass is 10.1. The second-order valence-electron chi connectivity index (χ2n) is 4.12. The second kappa shape index (κ2) is 4.55. The maximum absolute atomic E-state index is 11.5. The number of aliphatic hydroxyl groups is 1. The van der Waals surface area contributed by atoms with Crippen LogP contribution in [0.15, 0.2) is 41.6 Å². The minimum absolute atomic E-state index is 0.189. The Bertz CT molecular complexity index is 646. The molecule has 0 fully saturated rings. The molecular weight excluding hydrogens is 252 g/mol. The fourth-order valence-corrected chi connectivity index (χ4v) is 2.37. The van der Waals surface area contributed by atoms with Gasteiger partial charge in [-0.3, -0.25) is 0 Å². The monoisotopic (exact) mass is 266 g/mol. The number of aliphatic hydroxyl groups excluding tert-OH is 1. The summed E-state index contributed by atoms with van der Waals surface area (Å²) in [5, 5.41) is 13.8. The highest BCUT2D eigenvalue weighted by molar-refractivity contribution is 7.90. The van der Waals surface area contributed by atoms with Crippen LogP contribution in [-0.2, 0) is 9.84 Å². The van der Waals surface area contributed by atoms with Gasteiger partial charge >= 0.3 is 0 Å². The molecule has 18 heavy (non-hydrogen) atoms. The summed E-state index contributed by atoms with van der Waals surface area (Å²) in [6.45, 7) is 1.59.